The van der Waals surface area contributed by atoms with Gasteiger partial charge in [-0.1, -0.05) is 18.2 Å². The summed E-state index contributed by atoms with van der Waals surface area (Å²) < 4.78 is 13.8. The molecule has 2 aromatic heterocycles. The summed E-state index contributed by atoms with van der Waals surface area (Å²) in [6, 6.07) is 11.9. The molecule has 116 valence electrons. The number of thiazole rings is 1. The minimum absolute atomic E-state index is 0.228. The monoisotopic (exact) mass is 327 g/mol. The molecule has 0 radical (unpaired) electrons. The second-order valence-electron chi connectivity index (χ2n) is 4.92. The molecule has 0 saturated heterocycles. The molecule has 0 atom stereocenters. The van der Waals surface area contributed by atoms with Crippen LogP contribution in [0.25, 0.3) is 10.6 Å². The first-order chi connectivity index (χ1) is 11.1. The largest absolute Gasteiger partial charge is 0.346 e. The number of benzene rings is 1. The Bertz CT molecular complexity index is 833. The van der Waals surface area contributed by atoms with Crippen molar-refractivity contribution in [1.29, 1.82) is 0 Å². The number of hydrogen-bond donors (Lipinski definition) is 1. The molecular formula is C17H14FN3OS. The molecule has 1 amide bonds. The predicted molar refractivity (Wildman–Crippen MR) is 87.7 cm³/mol. The lowest BCUT2D eigenvalue weighted by molar-refractivity contribution is 0.0953. The van der Waals surface area contributed by atoms with Crippen molar-refractivity contribution in [3.8, 4) is 10.6 Å². The van der Waals surface area contributed by atoms with Gasteiger partial charge in [0.25, 0.3) is 5.91 Å². The normalized spacial score (nSPS) is 10.5. The predicted octanol–water partition coefficient (Wildman–Crippen LogP) is 3.58. The maximum atomic E-state index is 13.8. The molecule has 0 aliphatic heterocycles. The van der Waals surface area contributed by atoms with Crippen LogP contribution in [0.2, 0.25) is 0 Å². The molecule has 0 unspecified atom stereocenters. The summed E-state index contributed by atoms with van der Waals surface area (Å²) in [7, 11) is 0. The average Bonchev–Trinajstić information content (AvgIpc) is 2.96. The third-order valence-electron chi connectivity index (χ3n) is 3.26. The molecule has 0 fully saturated rings. The number of aryl methyl sites for hydroxylation is 1. The summed E-state index contributed by atoms with van der Waals surface area (Å²) >= 11 is 1.19. The maximum Gasteiger partial charge on any atom is 0.263 e. The van der Waals surface area contributed by atoms with E-state index < -0.39 is 0 Å². The van der Waals surface area contributed by atoms with Crippen molar-refractivity contribution < 1.29 is 9.18 Å². The number of aromatic nitrogens is 2. The number of halogens is 1. The van der Waals surface area contributed by atoms with Crippen molar-refractivity contribution in [2.45, 2.75) is 13.5 Å². The van der Waals surface area contributed by atoms with E-state index in [0.717, 1.165) is 5.69 Å². The van der Waals surface area contributed by atoms with Gasteiger partial charge < -0.3 is 5.32 Å². The summed E-state index contributed by atoms with van der Waals surface area (Å²) in [4.78, 5) is 21.3. The van der Waals surface area contributed by atoms with E-state index in [2.05, 4.69) is 15.3 Å². The third-order valence-corrected chi connectivity index (χ3v) is 4.45. The second kappa shape index (κ2) is 6.66. The number of amides is 1. The molecule has 1 N–H and O–H groups in total. The molecule has 4 nitrogen and oxygen atoms in total. The highest BCUT2D eigenvalue weighted by molar-refractivity contribution is 7.17. The van der Waals surface area contributed by atoms with Crippen molar-refractivity contribution >= 4 is 17.2 Å². The van der Waals surface area contributed by atoms with Gasteiger partial charge in [0.2, 0.25) is 0 Å². The molecule has 6 heteroatoms. The molecule has 0 spiro atoms. The van der Waals surface area contributed by atoms with Crippen molar-refractivity contribution in [2.24, 2.45) is 0 Å². The van der Waals surface area contributed by atoms with E-state index in [1.807, 2.05) is 18.2 Å². The summed E-state index contributed by atoms with van der Waals surface area (Å²) in [6.07, 6.45) is 1.68. The zero-order valence-corrected chi connectivity index (χ0v) is 13.2. The van der Waals surface area contributed by atoms with Gasteiger partial charge >= 0.3 is 0 Å². The quantitative estimate of drug-likeness (QED) is 0.797. The number of carbonyl (C=O) groups is 1. The van der Waals surface area contributed by atoms with Crippen LogP contribution in [0.1, 0.15) is 21.1 Å². The lowest BCUT2D eigenvalue weighted by Crippen LogP contribution is -2.23. The SMILES string of the molecule is Cc1nc(-c2ccccc2F)sc1C(=O)NCc1ccccn1. The molecule has 23 heavy (non-hydrogen) atoms. The minimum atomic E-state index is -0.346. The second-order valence-corrected chi connectivity index (χ2v) is 5.92. The van der Waals surface area contributed by atoms with Crippen LogP contribution in [0.4, 0.5) is 4.39 Å². The average molecular weight is 327 g/mol. The Morgan fingerprint density at radius 3 is 2.74 bits per heavy atom. The molecule has 0 aliphatic carbocycles. The molecule has 2 heterocycles. The Morgan fingerprint density at radius 2 is 2.00 bits per heavy atom. The first-order valence-corrected chi connectivity index (χ1v) is 7.87. The van der Waals surface area contributed by atoms with Crippen molar-refractivity contribution in [3.63, 3.8) is 0 Å². The minimum Gasteiger partial charge on any atom is -0.346 e. The van der Waals surface area contributed by atoms with Crippen LogP contribution in [0.3, 0.4) is 0 Å². The van der Waals surface area contributed by atoms with Crippen molar-refractivity contribution in [2.75, 3.05) is 0 Å². The van der Waals surface area contributed by atoms with Crippen LogP contribution < -0.4 is 5.32 Å². The Hall–Kier alpha value is -2.60. The standard InChI is InChI=1S/C17H14FN3OS/c1-11-15(16(22)20-10-12-6-4-5-9-19-12)23-17(21-11)13-7-2-3-8-14(13)18/h2-9H,10H2,1H3,(H,20,22). The number of rotatable bonds is 4. The Morgan fingerprint density at radius 1 is 1.22 bits per heavy atom. The summed E-state index contributed by atoms with van der Waals surface area (Å²) in [5, 5.41) is 3.31. The highest BCUT2D eigenvalue weighted by Gasteiger charge is 2.17. The van der Waals surface area contributed by atoms with Crippen LogP contribution in [-0.2, 0) is 6.54 Å². The summed E-state index contributed by atoms with van der Waals surface area (Å²) in [5.41, 5.74) is 1.77. The summed E-state index contributed by atoms with van der Waals surface area (Å²) in [6.45, 7) is 2.09. The molecular weight excluding hydrogens is 313 g/mol. The van der Waals surface area contributed by atoms with E-state index in [1.165, 1.54) is 17.4 Å². The van der Waals surface area contributed by atoms with Crippen molar-refractivity contribution in [3.05, 3.63) is 70.7 Å². The molecule has 0 saturated carbocycles. The van der Waals surface area contributed by atoms with Gasteiger partial charge in [0.15, 0.2) is 0 Å². The molecule has 0 aliphatic rings. The van der Waals surface area contributed by atoms with E-state index in [9.17, 15) is 9.18 Å². The lowest BCUT2D eigenvalue weighted by atomic mass is 10.2. The van der Waals surface area contributed by atoms with Gasteiger partial charge in [0, 0.05) is 11.8 Å². The fraction of sp³-hybridized carbons (Fsp3) is 0.118. The van der Waals surface area contributed by atoms with Gasteiger partial charge in [-0.25, -0.2) is 9.37 Å². The summed E-state index contributed by atoms with van der Waals surface area (Å²) in [5.74, 6) is -0.574. The topological polar surface area (TPSA) is 54.9 Å². The van der Waals surface area contributed by atoms with Gasteiger partial charge in [-0.05, 0) is 31.2 Å². The lowest BCUT2D eigenvalue weighted by Gasteiger charge is -2.03. The van der Waals surface area contributed by atoms with E-state index >= 15 is 0 Å². The molecule has 0 bridgehead atoms. The maximum absolute atomic E-state index is 13.8. The fourth-order valence-corrected chi connectivity index (χ4v) is 3.12. The molecule has 3 aromatic rings. The highest BCUT2D eigenvalue weighted by atomic mass is 32.1. The van der Waals surface area contributed by atoms with Crippen molar-refractivity contribution in [1.82, 2.24) is 15.3 Å². The molecule has 3 rings (SSSR count). The number of nitrogens with zero attached hydrogens (tertiary/aromatic N) is 2. The fourth-order valence-electron chi connectivity index (χ4n) is 2.11. The Balaban J connectivity index is 1.78. The van der Waals surface area contributed by atoms with Crippen LogP contribution in [0.15, 0.2) is 48.7 Å². The van der Waals surface area contributed by atoms with Gasteiger partial charge in [-0.15, -0.1) is 11.3 Å². The molecule has 1 aromatic carbocycles. The zero-order chi connectivity index (χ0) is 16.2. The van der Waals surface area contributed by atoms with Crippen LogP contribution in [-0.4, -0.2) is 15.9 Å². The first-order valence-electron chi connectivity index (χ1n) is 7.05. The van der Waals surface area contributed by atoms with E-state index in [0.29, 0.717) is 27.7 Å². The smallest absolute Gasteiger partial charge is 0.263 e. The number of pyridine rings is 1. The van der Waals surface area contributed by atoms with E-state index in [-0.39, 0.29) is 11.7 Å². The first kappa shape index (κ1) is 15.3. The number of hydrogen-bond acceptors (Lipinski definition) is 4. The van der Waals surface area contributed by atoms with Gasteiger partial charge in [0.05, 0.1) is 17.9 Å². The highest BCUT2D eigenvalue weighted by Crippen LogP contribution is 2.29. The Labute approximate surface area is 137 Å². The third kappa shape index (κ3) is 3.43. The van der Waals surface area contributed by atoms with Crippen LogP contribution in [0, 0.1) is 12.7 Å². The number of nitrogens with one attached hydrogen (secondary N) is 1. The van der Waals surface area contributed by atoms with Gasteiger partial charge in [0.1, 0.15) is 15.7 Å². The van der Waals surface area contributed by atoms with Crippen LogP contribution >= 0.6 is 11.3 Å². The van der Waals surface area contributed by atoms with E-state index in [1.54, 1.807) is 31.3 Å². The van der Waals surface area contributed by atoms with Gasteiger partial charge in [-0.2, -0.15) is 0 Å². The zero-order valence-electron chi connectivity index (χ0n) is 12.4. The van der Waals surface area contributed by atoms with E-state index in [4.69, 9.17) is 0 Å². The number of carbonyl (C=O) groups excluding carboxylic acids is 1. The van der Waals surface area contributed by atoms with Gasteiger partial charge in [-0.3, -0.25) is 9.78 Å². The Kier molecular flexibility index (Phi) is 4.43. The van der Waals surface area contributed by atoms with Crippen LogP contribution in [0.5, 0.6) is 0 Å².